The summed E-state index contributed by atoms with van der Waals surface area (Å²) in [7, 11) is 0. The van der Waals surface area contributed by atoms with Gasteiger partial charge in [0.05, 0.1) is 5.25 Å². The van der Waals surface area contributed by atoms with Crippen molar-refractivity contribution < 1.29 is 18.7 Å². The summed E-state index contributed by atoms with van der Waals surface area (Å²) >= 11 is 1.35. The van der Waals surface area contributed by atoms with Gasteiger partial charge in [0, 0.05) is 17.8 Å². The summed E-state index contributed by atoms with van der Waals surface area (Å²) in [5, 5.41) is 11.9. The van der Waals surface area contributed by atoms with Gasteiger partial charge in [-0.25, -0.2) is 4.39 Å². The van der Waals surface area contributed by atoms with E-state index >= 15 is 0 Å². The molecule has 1 N–H and O–H groups in total. The molecule has 35 heavy (non-hydrogen) atoms. The molecule has 0 aliphatic rings. The second kappa shape index (κ2) is 12.0. The van der Waals surface area contributed by atoms with E-state index < -0.39 is 11.4 Å². The molecule has 1 amide bonds. The van der Waals surface area contributed by atoms with Crippen molar-refractivity contribution in [3.05, 3.63) is 65.7 Å². The van der Waals surface area contributed by atoms with Gasteiger partial charge in [-0.3, -0.25) is 9.59 Å². The number of carbonyl (C=O) groups excluding carboxylic acids is 2. The molecule has 1 heterocycles. The minimum Gasteiger partial charge on any atom is -0.483 e. The Hall–Kier alpha value is -3.20. The van der Waals surface area contributed by atoms with Crippen LogP contribution in [0.4, 0.5) is 10.1 Å². The summed E-state index contributed by atoms with van der Waals surface area (Å²) in [6, 6.07) is 12.7. The van der Waals surface area contributed by atoms with Gasteiger partial charge in [-0.2, -0.15) is 0 Å². The van der Waals surface area contributed by atoms with E-state index in [2.05, 4.69) is 29.4 Å². The zero-order chi connectivity index (χ0) is 25.5. The van der Waals surface area contributed by atoms with Crippen LogP contribution in [0, 0.1) is 11.7 Å². The van der Waals surface area contributed by atoms with E-state index in [1.54, 1.807) is 36.4 Å². The topological polar surface area (TPSA) is 86.1 Å². The molecule has 0 aliphatic carbocycles. The first-order valence-electron chi connectivity index (χ1n) is 11.6. The molecule has 0 radical (unpaired) electrons. The lowest BCUT2D eigenvalue weighted by Gasteiger charge is -2.19. The molecule has 7 nitrogen and oxygen atoms in total. The van der Waals surface area contributed by atoms with Crippen molar-refractivity contribution in [3.8, 4) is 5.75 Å². The monoisotopic (exact) mass is 498 g/mol. The van der Waals surface area contributed by atoms with Crippen LogP contribution in [-0.4, -0.2) is 31.7 Å². The molecule has 3 rings (SSSR count). The fraction of sp³-hybridized carbons (Fsp3) is 0.385. The summed E-state index contributed by atoms with van der Waals surface area (Å²) in [4.78, 5) is 24.7. The van der Waals surface area contributed by atoms with E-state index in [9.17, 15) is 14.0 Å². The summed E-state index contributed by atoms with van der Waals surface area (Å²) in [6.45, 7) is 10.1. The predicted octanol–water partition coefficient (Wildman–Crippen LogP) is 5.93. The number of amides is 1. The molecule has 186 valence electrons. The van der Waals surface area contributed by atoms with Crippen molar-refractivity contribution in [2.24, 2.45) is 5.92 Å². The van der Waals surface area contributed by atoms with Crippen LogP contribution in [0.1, 0.15) is 63.3 Å². The summed E-state index contributed by atoms with van der Waals surface area (Å²) in [5.74, 6) is 0.915. The molecular formula is C26H31FN4O3S. The number of nitrogens with one attached hydrogen (secondary N) is 1. The van der Waals surface area contributed by atoms with E-state index in [0.29, 0.717) is 46.9 Å². The Morgan fingerprint density at radius 3 is 2.46 bits per heavy atom. The second-order valence-corrected chi connectivity index (χ2v) is 9.87. The average Bonchev–Trinajstić information content (AvgIpc) is 3.20. The van der Waals surface area contributed by atoms with Gasteiger partial charge in [-0.1, -0.05) is 44.7 Å². The molecular weight excluding hydrogens is 467 g/mol. The Labute approximate surface area is 209 Å². The van der Waals surface area contributed by atoms with Gasteiger partial charge in [0.2, 0.25) is 5.91 Å². The number of thioether (sulfide) groups is 1. The number of nitrogens with zero attached hydrogens (tertiary/aromatic N) is 3. The van der Waals surface area contributed by atoms with Crippen LogP contribution in [0.15, 0.2) is 53.7 Å². The lowest BCUT2D eigenvalue weighted by molar-refractivity contribution is -0.115. The van der Waals surface area contributed by atoms with Crippen LogP contribution in [0.25, 0.3) is 0 Å². The zero-order valence-electron chi connectivity index (χ0n) is 20.6. The van der Waals surface area contributed by atoms with Crippen LogP contribution in [0.3, 0.4) is 0 Å². The highest BCUT2D eigenvalue weighted by molar-refractivity contribution is 8.00. The third kappa shape index (κ3) is 7.14. The second-order valence-electron chi connectivity index (χ2n) is 8.70. The maximum Gasteiger partial charge on any atom is 0.237 e. The predicted molar refractivity (Wildman–Crippen MR) is 135 cm³/mol. The number of rotatable bonds is 11. The Kier molecular flexibility index (Phi) is 9.03. The number of hydrogen-bond donors (Lipinski definition) is 1. The standard InChI is InChI=1S/C26H31FN4O3S/c1-6-23(25(33)28-21-9-7-8-19(14-21)17(4)32)35-26-30-29-24(31(26)15-16(2)3)18(5)34-22-12-10-20(27)11-13-22/h7-14,16,18,23H,6,15H2,1-5H3,(H,28,33). The number of ether oxygens (including phenoxy) is 1. The Bertz CT molecular complexity index is 1160. The first kappa shape index (κ1) is 26.4. The van der Waals surface area contributed by atoms with Gasteiger partial charge >= 0.3 is 0 Å². The summed E-state index contributed by atoms with van der Waals surface area (Å²) < 4.78 is 21.2. The van der Waals surface area contributed by atoms with Crippen molar-refractivity contribution in [2.75, 3.05) is 5.32 Å². The molecule has 0 bridgehead atoms. The van der Waals surface area contributed by atoms with Gasteiger partial charge in [-0.15, -0.1) is 10.2 Å². The van der Waals surface area contributed by atoms with Crippen molar-refractivity contribution in [3.63, 3.8) is 0 Å². The maximum absolute atomic E-state index is 13.2. The highest BCUT2D eigenvalue weighted by Gasteiger charge is 2.25. The van der Waals surface area contributed by atoms with Crippen molar-refractivity contribution in [1.82, 2.24) is 14.8 Å². The van der Waals surface area contributed by atoms with Crippen LogP contribution in [0.2, 0.25) is 0 Å². The SMILES string of the molecule is CCC(Sc1nnc(C(C)Oc2ccc(F)cc2)n1CC(C)C)C(=O)Nc1cccc(C(C)=O)c1. The lowest BCUT2D eigenvalue weighted by atomic mass is 10.1. The number of ketones is 1. The number of Topliss-reactive ketones (excluding diaryl/α,β-unsaturated/α-hetero) is 1. The van der Waals surface area contributed by atoms with E-state index in [4.69, 9.17) is 4.74 Å². The molecule has 2 aromatic carbocycles. The Balaban J connectivity index is 1.78. The minimum absolute atomic E-state index is 0.0613. The van der Waals surface area contributed by atoms with Crippen LogP contribution in [0.5, 0.6) is 5.75 Å². The summed E-state index contributed by atoms with van der Waals surface area (Å²) in [6.07, 6.45) is 0.151. The Morgan fingerprint density at radius 1 is 1.11 bits per heavy atom. The molecule has 2 unspecified atom stereocenters. The third-order valence-corrected chi connectivity index (χ3v) is 6.58. The largest absolute Gasteiger partial charge is 0.483 e. The lowest BCUT2D eigenvalue weighted by Crippen LogP contribution is -2.25. The molecule has 3 aromatic rings. The number of anilines is 1. The quantitative estimate of drug-likeness (QED) is 0.261. The minimum atomic E-state index is -0.427. The zero-order valence-corrected chi connectivity index (χ0v) is 21.4. The number of benzene rings is 2. The van der Waals surface area contributed by atoms with E-state index in [1.165, 1.54) is 30.8 Å². The van der Waals surface area contributed by atoms with Crippen LogP contribution in [-0.2, 0) is 11.3 Å². The smallest absolute Gasteiger partial charge is 0.237 e. The molecule has 2 atom stereocenters. The van der Waals surface area contributed by atoms with E-state index in [-0.39, 0.29) is 17.5 Å². The van der Waals surface area contributed by atoms with Crippen molar-refractivity contribution >= 4 is 29.1 Å². The van der Waals surface area contributed by atoms with E-state index in [1.807, 2.05) is 18.4 Å². The molecule has 0 saturated carbocycles. The highest BCUT2D eigenvalue weighted by Crippen LogP contribution is 2.30. The van der Waals surface area contributed by atoms with Gasteiger partial charge in [-0.05, 0) is 62.6 Å². The van der Waals surface area contributed by atoms with Gasteiger partial charge in [0.1, 0.15) is 11.6 Å². The third-order valence-electron chi connectivity index (χ3n) is 5.23. The fourth-order valence-corrected chi connectivity index (χ4v) is 4.45. The summed E-state index contributed by atoms with van der Waals surface area (Å²) in [5.41, 5.74) is 1.12. The van der Waals surface area contributed by atoms with Gasteiger partial charge in [0.15, 0.2) is 22.9 Å². The van der Waals surface area contributed by atoms with Crippen LogP contribution < -0.4 is 10.1 Å². The van der Waals surface area contributed by atoms with Gasteiger partial charge in [0.25, 0.3) is 0 Å². The maximum atomic E-state index is 13.2. The average molecular weight is 499 g/mol. The number of halogens is 1. The van der Waals surface area contributed by atoms with Crippen LogP contribution >= 0.6 is 11.8 Å². The first-order valence-corrected chi connectivity index (χ1v) is 12.5. The molecule has 9 heteroatoms. The van der Waals surface area contributed by atoms with E-state index in [0.717, 1.165) is 0 Å². The molecule has 0 aliphatic heterocycles. The number of hydrogen-bond acceptors (Lipinski definition) is 6. The van der Waals surface area contributed by atoms with Gasteiger partial charge < -0.3 is 14.6 Å². The van der Waals surface area contributed by atoms with Crippen molar-refractivity contribution in [1.29, 1.82) is 0 Å². The number of carbonyl (C=O) groups is 2. The first-order chi connectivity index (χ1) is 16.7. The molecule has 0 saturated heterocycles. The normalized spacial score (nSPS) is 12.9. The Morgan fingerprint density at radius 2 is 1.83 bits per heavy atom. The molecule has 0 spiro atoms. The number of aromatic nitrogens is 3. The molecule has 1 aromatic heterocycles. The molecule has 0 fully saturated rings. The fourth-order valence-electron chi connectivity index (χ4n) is 3.48. The van der Waals surface area contributed by atoms with Crippen molar-refractivity contribution in [2.45, 2.75) is 64.1 Å². The highest BCUT2D eigenvalue weighted by atomic mass is 32.2.